The van der Waals surface area contributed by atoms with Gasteiger partial charge in [0.1, 0.15) is 11.1 Å². The molecule has 0 aromatic rings. The van der Waals surface area contributed by atoms with E-state index in [1.165, 1.54) is 0 Å². The molecule has 1 saturated carbocycles. The zero-order chi connectivity index (χ0) is 15.1. The van der Waals surface area contributed by atoms with Crippen LogP contribution in [-0.2, 0) is 14.3 Å². The number of rotatable bonds is 2. The smallest absolute Gasteiger partial charge is 0.248 e. The number of carbonyl (C=O) groups excluding carboxylic acids is 2. The number of nitrogens with one attached hydrogen (secondary N) is 1. The van der Waals surface area contributed by atoms with Crippen LogP contribution in [0, 0.1) is 5.92 Å². The molecule has 2 saturated heterocycles. The van der Waals surface area contributed by atoms with E-state index in [1.54, 1.807) is 13.8 Å². The largest absolute Gasteiger partial charge is 0.381 e. The predicted molar refractivity (Wildman–Crippen MR) is 78.7 cm³/mol. The van der Waals surface area contributed by atoms with Crippen molar-refractivity contribution in [2.75, 3.05) is 19.8 Å². The van der Waals surface area contributed by atoms with Crippen LogP contribution in [0.15, 0.2) is 0 Å². The zero-order valence-electron chi connectivity index (χ0n) is 13.1. The van der Waals surface area contributed by atoms with Gasteiger partial charge in [0.25, 0.3) is 0 Å². The van der Waals surface area contributed by atoms with Crippen molar-refractivity contribution < 1.29 is 14.3 Å². The Morgan fingerprint density at radius 2 is 1.95 bits per heavy atom. The van der Waals surface area contributed by atoms with Gasteiger partial charge in [-0.25, -0.2) is 0 Å². The summed E-state index contributed by atoms with van der Waals surface area (Å²) in [6, 6.07) is 0. The molecular formula is C16H26N2O3. The summed E-state index contributed by atoms with van der Waals surface area (Å²) in [5.74, 6) is 0.482. The minimum atomic E-state index is -0.792. The molecule has 0 radical (unpaired) electrons. The lowest BCUT2D eigenvalue weighted by Gasteiger charge is -2.53. The molecule has 1 atom stereocenters. The molecule has 2 heterocycles. The van der Waals surface area contributed by atoms with Gasteiger partial charge in [-0.05, 0) is 33.1 Å². The Balaban J connectivity index is 1.90. The minimum Gasteiger partial charge on any atom is -0.381 e. The summed E-state index contributed by atoms with van der Waals surface area (Å²) in [5.41, 5.74) is -1.40. The quantitative estimate of drug-likeness (QED) is 0.839. The van der Waals surface area contributed by atoms with Crippen LogP contribution >= 0.6 is 0 Å². The number of carbonyl (C=O) groups is 2. The SMILES string of the molecule is CC1(C)NC(=O)C2(CCCCC2)N(CC2CCOC2)C1=O. The molecule has 1 N–H and O–H groups in total. The Labute approximate surface area is 126 Å². The molecule has 118 valence electrons. The van der Waals surface area contributed by atoms with Gasteiger partial charge in [0.05, 0.1) is 6.61 Å². The number of amides is 2. The molecule has 1 spiro atoms. The van der Waals surface area contributed by atoms with E-state index in [0.29, 0.717) is 19.1 Å². The molecule has 0 aromatic heterocycles. The molecule has 3 aliphatic rings. The van der Waals surface area contributed by atoms with Gasteiger partial charge < -0.3 is 15.0 Å². The van der Waals surface area contributed by atoms with Crippen LogP contribution in [0.2, 0.25) is 0 Å². The molecule has 5 nitrogen and oxygen atoms in total. The van der Waals surface area contributed by atoms with Gasteiger partial charge in [-0.2, -0.15) is 0 Å². The standard InChI is InChI=1S/C16H26N2O3/c1-15(2)14(20)18(10-12-6-9-21-11-12)16(13(19)17-15)7-4-3-5-8-16/h12H,3-11H2,1-2H3,(H,17,19). The van der Waals surface area contributed by atoms with Crippen LogP contribution in [0.3, 0.4) is 0 Å². The van der Waals surface area contributed by atoms with Crippen molar-refractivity contribution in [1.29, 1.82) is 0 Å². The maximum Gasteiger partial charge on any atom is 0.248 e. The lowest BCUT2D eigenvalue weighted by Crippen LogP contribution is -2.75. The average Bonchev–Trinajstić information content (AvgIpc) is 2.96. The van der Waals surface area contributed by atoms with E-state index in [0.717, 1.165) is 45.1 Å². The van der Waals surface area contributed by atoms with Gasteiger partial charge in [-0.3, -0.25) is 9.59 Å². The first-order valence-electron chi connectivity index (χ1n) is 8.18. The summed E-state index contributed by atoms with van der Waals surface area (Å²) in [6.45, 7) is 5.76. The highest BCUT2D eigenvalue weighted by molar-refractivity contribution is 6.02. The third-order valence-corrected chi connectivity index (χ3v) is 5.29. The first-order valence-corrected chi connectivity index (χ1v) is 8.18. The Hall–Kier alpha value is -1.10. The number of hydrogen-bond donors (Lipinski definition) is 1. The van der Waals surface area contributed by atoms with Gasteiger partial charge in [0.15, 0.2) is 0 Å². The number of ether oxygens (including phenoxy) is 1. The maximum atomic E-state index is 12.9. The van der Waals surface area contributed by atoms with E-state index < -0.39 is 11.1 Å². The molecule has 3 fully saturated rings. The second-order valence-electron chi connectivity index (χ2n) is 7.32. The lowest BCUT2D eigenvalue weighted by atomic mass is 9.75. The summed E-state index contributed by atoms with van der Waals surface area (Å²) in [7, 11) is 0. The van der Waals surface area contributed by atoms with E-state index in [4.69, 9.17) is 4.74 Å². The second kappa shape index (κ2) is 5.27. The van der Waals surface area contributed by atoms with Crippen LogP contribution in [0.1, 0.15) is 52.4 Å². The Morgan fingerprint density at radius 1 is 1.24 bits per heavy atom. The van der Waals surface area contributed by atoms with Crippen LogP contribution in [0.4, 0.5) is 0 Å². The molecule has 3 rings (SSSR count). The monoisotopic (exact) mass is 294 g/mol. The van der Waals surface area contributed by atoms with Crippen LogP contribution < -0.4 is 5.32 Å². The van der Waals surface area contributed by atoms with Crippen molar-refractivity contribution in [2.45, 2.75) is 63.5 Å². The normalized spacial score (nSPS) is 31.5. The van der Waals surface area contributed by atoms with E-state index in [9.17, 15) is 9.59 Å². The highest BCUT2D eigenvalue weighted by Crippen LogP contribution is 2.39. The van der Waals surface area contributed by atoms with Gasteiger partial charge >= 0.3 is 0 Å². The van der Waals surface area contributed by atoms with Crippen molar-refractivity contribution in [3.63, 3.8) is 0 Å². The number of piperazine rings is 1. The maximum absolute atomic E-state index is 12.9. The lowest BCUT2D eigenvalue weighted by molar-refractivity contribution is -0.165. The summed E-state index contributed by atoms with van der Waals surface area (Å²) in [4.78, 5) is 27.6. The van der Waals surface area contributed by atoms with Crippen molar-refractivity contribution >= 4 is 11.8 Å². The van der Waals surface area contributed by atoms with Gasteiger partial charge in [0, 0.05) is 19.1 Å². The van der Waals surface area contributed by atoms with Gasteiger partial charge in [0.2, 0.25) is 11.8 Å². The fourth-order valence-corrected chi connectivity index (χ4v) is 3.98. The fourth-order valence-electron chi connectivity index (χ4n) is 3.98. The zero-order valence-corrected chi connectivity index (χ0v) is 13.1. The summed E-state index contributed by atoms with van der Waals surface area (Å²) >= 11 is 0. The van der Waals surface area contributed by atoms with E-state index in [2.05, 4.69) is 5.32 Å². The molecule has 1 unspecified atom stereocenters. The minimum absolute atomic E-state index is 0.0470. The Morgan fingerprint density at radius 3 is 2.57 bits per heavy atom. The molecule has 0 aromatic carbocycles. The van der Waals surface area contributed by atoms with Crippen LogP contribution in [0.25, 0.3) is 0 Å². The second-order valence-corrected chi connectivity index (χ2v) is 7.32. The molecule has 2 aliphatic heterocycles. The van der Waals surface area contributed by atoms with Crippen LogP contribution in [-0.4, -0.2) is 47.6 Å². The number of nitrogens with zero attached hydrogens (tertiary/aromatic N) is 1. The first kappa shape index (κ1) is 14.8. The molecule has 5 heteroatoms. The Kier molecular flexibility index (Phi) is 3.72. The molecule has 2 amide bonds. The third-order valence-electron chi connectivity index (χ3n) is 5.29. The fraction of sp³-hybridized carbons (Fsp3) is 0.875. The van der Waals surface area contributed by atoms with E-state index in [1.807, 2.05) is 4.90 Å². The van der Waals surface area contributed by atoms with Gasteiger partial charge in [-0.15, -0.1) is 0 Å². The topological polar surface area (TPSA) is 58.6 Å². The first-order chi connectivity index (χ1) is 9.96. The van der Waals surface area contributed by atoms with Crippen molar-refractivity contribution in [3.8, 4) is 0 Å². The highest BCUT2D eigenvalue weighted by Gasteiger charge is 2.55. The number of hydrogen-bond acceptors (Lipinski definition) is 3. The summed E-state index contributed by atoms with van der Waals surface area (Å²) < 4.78 is 5.45. The van der Waals surface area contributed by atoms with Gasteiger partial charge in [-0.1, -0.05) is 19.3 Å². The molecule has 1 aliphatic carbocycles. The van der Waals surface area contributed by atoms with Crippen molar-refractivity contribution in [3.05, 3.63) is 0 Å². The Bertz CT molecular complexity index is 435. The summed E-state index contributed by atoms with van der Waals surface area (Å²) in [5, 5.41) is 2.96. The summed E-state index contributed by atoms with van der Waals surface area (Å²) in [6.07, 6.45) is 5.80. The molecule has 21 heavy (non-hydrogen) atoms. The third kappa shape index (κ3) is 2.45. The molecular weight excluding hydrogens is 268 g/mol. The van der Waals surface area contributed by atoms with E-state index in [-0.39, 0.29) is 11.8 Å². The molecule has 0 bridgehead atoms. The highest BCUT2D eigenvalue weighted by atomic mass is 16.5. The average molecular weight is 294 g/mol. The van der Waals surface area contributed by atoms with E-state index >= 15 is 0 Å². The predicted octanol–water partition coefficient (Wildman–Crippen LogP) is 1.46. The van der Waals surface area contributed by atoms with Crippen LogP contribution in [0.5, 0.6) is 0 Å². The van der Waals surface area contributed by atoms with Crippen molar-refractivity contribution in [1.82, 2.24) is 10.2 Å². The van der Waals surface area contributed by atoms with Crippen molar-refractivity contribution in [2.24, 2.45) is 5.92 Å².